The lowest BCUT2D eigenvalue weighted by molar-refractivity contribution is 0.0954. The Morgan fingerprint density at radius 3 is 2.87 bits per heavy atom. The van der Waals surface area contributed by atoms with Gasteiger partial charge in [0.2, 0.25) is 0 Å². The molecule has 0 aromatic heterocycles. The van der Waals surface area contributed by atoms with Crippen LogP contribution >= 0.6 is 0 Å². The Labute approximate surface area is 89.4 Å². The highest BCUT2D eigenvalue weighted by atomic mass is 16.5. The average molecular weight is 208 g/mol. The van der Waals surface area contributed by atoms with Gasteiger partial charge in [-0.1, -0.05) is 6.07 Å². The van der Waals surface area contributed by atoms with E-state index in [9.17, 15) is 4.79 Å². The van der Waals surface area contributed by atoms with Crippen molar-refractivity contribution in [2.45, 2.75) is 6.92 Å². The summed E-state index contributed by atoms with van der Waals surface area (Å²) in [6, 6.07) is 5.35. The van der Waals surface area contributed by atoms with E-state index in [2.05, 4.69) is 5.32 Å². The monoisotopic (exact) mass is 208 g/mol. The number of carbonyl (C=O) groups excluding carboxylic acids is 1. The maximum atomic E-state index is 11.6. The molecule has 0 saturated heterocycles. The molecule has 0 heterocycles. The van der Waals surface area contributed by atoms with E-state index < -0.39 is 0 Å². The lowest BCUT2D eigenvalue weighted by atomic mass is 10.1. The zero-order valence-corrected chi connectivity index (χ0v) is 9.04. The van der Waals surface area contributed by atoms with Crippen LogP contribution < -0.4 is 15.8 Å². The van der Waals surface area contributed by atoms with Crippen LogP contribution in [0.15, 0.2) is 18.2 Å². The molecule has 0 aliphatic rings. The van der Waals surface area contributed by atoms with E-state index in [0.29, 0.717) is 18.7 Å². The minimum absolute atomic E-state index is 0.126. The van der Waals surface area contributed by atoms with Gasteiger partial charge in [0.05, 0.1) is 7.11 Å². The number of amides is 1. The van der Waals surface area contributed by atoms with Crippen molar-refractivity contribution in [1.29, 1.82) is 0 Å². The van der Waals surface area contributed by atoms with E-state index in [-0.39, 0.29) is 5.91 Å². The molecule has 0 bridgehead atoms. The highest BCUT2D eigenvalue weighted by Crippen LogP contribution is 2.18. The van der Waals surface area contributed by atoms with Gasteiger partial charge in [-0.2, -0.15) is 0 Å². The lowest BCUT2D eigenvalue weighted by Crippen LogP contribution is -2.28. The first-order chi connectivity index (χ1) is 7.19. The fourth-order valence-electron chi connectivity index (χ4n) is 1.25. The molecule has 0 aliphatic carbocycles. The predicted octanol–water partition coefficient (Wildman–Crippen LogP) is 0.692. The number of rotatable bonds is 4. The molecule has 15 heavy (non-hydrogen) atoms. The number of benzene rings is 1. The Morgan fingerprint density at radius 1 is 1.53 bits per heavy atom. The maximum Gasteiger partial charge on any atom is 0.251 e. The molecule has 0 radical (unpaired) electrons. The molecule has 0 unspecified atom stereocenters. The van der Waals surface area contributed by atoms with Crippen LogP contribution in [0.2, 0.25) is 0 Å². The summed E-state index contributed by atoms with van der Waals surface area (Å²) in [6.45, 7) is 2.85. The van der Waals surface area contributed by atoms with Crippen molar-refractivity contribution in [3.8, 4) is 5.75 Å². The molecule has 4 nitrogen and oxygen atoms in total. The number of hydrogen-bond donors (Lipinski definition) is 2. The molecule has 3 N–H and O–H groups in total. The summed E-state index contributed by atoms with van der Waals surface area (Å²) < 4.78 is 5.14. The molecule has 82 valence electrons. The predicted molar refractivity (Wildman–Crippen MR) is 59.1 cm³/mol. The Hall–Kier alpha value is -1.55. The molecule has 0 atom stereocenters. The molecule has 0 saturated carbocycles. The standard InChI is InChI=1S/C11H16N2O2/c1-8-3-4-9(7-10(8)15-2)11(14)13-6-5-12/h3-4,7H,5-6,12H2,1-2H3,(H,13,14). The fourth-order valence-corrected chi connectivity index (χ4v) is 1.25. The minimum atomic E-state index is -0.126. The van der Waals surface area contributed by atoms with E-state index in [1.807, 2.05) is 13.0 Å². The normalized spacial score (nSPS) is 9.80. The largest absolute Gasteiger partial charge is 0.496 e. The van der Waals surface area contributed by atoms with Crippen LogP contribution in [0.4, 0.5) is 0 Å². The third-order valence-electron chi connectivity index (χ3n) is 2.10. The SMILES string of the molecule is COc1cc(C(=O)NCCN)ccc1C. The first-order valence-corrected chi connectivity index (χ1v) is 4.82. The number of aryl methyl sites for hydroxylation is 1. The Balaban J connectivity index is 2.81. The van der Waals surface area contributed by atoms with Crippen LogP contribution in [0.5, 0.6) is 5.75 Å². The van der Waals surface area contributed by atoms with Crippen molar-refractivity contribution in [1.82, 2.24) is 5.32 Å². The maximum absolute atomic E-state index is 11.6. The van der Waals surface area contributed by atoms with Gasteiger partial charge in [0.25, 0.3) is 5.91 Å². The summed E-state index contributed by atoms with van der Waals surface area (Å²) in [5.41, 5.74) is 6.89. The molecule has 0 spiro atoms. The van der Waals surface area contributed by atoms with Crippen molar-refractivity contribution in [2.24, 2.45) is 5.73 Å². The number of ether oxygens (including phenoxy) is 1. The average Bonchev–Trinajstić information content (AvgIpc) is 2.26. The summed E-state index contributed by atoms with van der Waals surface area (Å²) in [4.78, 5) is 11.6. The van der Waals surface area contributed by atoms with Gasteiger partial charge in [-0.05, 0) is 24.6 Å². The van der Waals surface area contributed by atoms with Gasteiger partial charge in [-0.3, -0.25) is 4.79 Å². The highest BCUT2D eigenvalue weighted by Gasteiger charge is 2.07. The zero-order valence-electron chi connectivity index (χ0n) is 9.04. The van der Waals surface area contributed by atoms with Crippen LogP contribution in [-0.4, -0.2) is 26.1 Å². The second-order valence-corrected chi connectivity index (χ2v) is 3.23. The Morgan fingerprint density at radius 2 is 2.27 bits per heavy atom. The Bertz CT molecular complexity index is 350. The van der Waals surface area contributed by atoms with E-state index in [0.717, 1.165) is 11.3 Å². The third kappa shape index (κ3) is 2.95. The van der Waals surface area contributed by atoms with E-state index in [1.54, 1.807) is 19.2 Å². The second-order valence-electron chi connectivity index (χ2n) is 3.23. The van der Waals surface area contributed by atoms with E-state index in [1.165, 1.54) is 0 Å². The van der Waals surface area contributed by atoms with Gasteiger partial charge in [-0.15, -0.1) is 0 Å². The van der Waals surface area contributed by atoms with Crippen molar-refractivity contribution < 1.29 is 9.53 Å². The molecule has 1 rings (SSSR count). The minimum Gasteiger partial charge on any atom is -0.496 e. The molecule has 1 aromatic rings. The molecule has 1 amide bonds. The van der Waals surface area contributed by atoms with Crippen molar-refractivity contribution in [2.75, 3.05) is 20.2 Å². The first-order valence-electron chi connectivity index (χ1n) is 4.82. The lowest BCUT2D eigenvalue weighted by Gasteiger charge is -2.07. The van der Waals surface area contributed by atoms with Crippen LogP contribution in [0.3, 0.4) is 0 Å². The van der Waals surface area contributed by atoms with Crippen LogP contribution in [-0.2, 0) is 0 Å². The van der Waals surface area contributed by atoms with E-state index in [4.69, 9.17) is 10.5 Å². The summed E-state index contributed by atoms with van der Waals surface area (Å²) in [5, 5.41) is 2.70. The smallest absolute Gasteiger partial charge is 0.251 e. The van der Waals surface area contributed by atoms with Crippen LogP contribution in [0.25, 0.3) is 0 Å². The number of nitrogens with two attached hydrogens (primary N) is 1. The summed E-state index contributed by atoms with van der Waals surface area (Å²) in [7, 11) is 1.59. The quantitative estimate of drug-likeness (QED) is 0.765. The highest BCUT2D eigenvalue weighted by molar-refractivity contribution is 5.94. The van der Waals surface area contributed by atoms with Gasteiger partial charge < -0.3 is 15.8 Å². The van der Waals surface area contributed by atoms with Gasteiger partial charge in [0, 0.05) is 18.7 Å². The van der Waals surface area contributed by atoms with Gasteiger partial charge in [0.1, 0.15) is 5.75 Å². The first kappa shape index (κ1) is 11.5. The molecule has 4 heteroatoms. The summed E-state index contributed by atoms with van der Waals surface area (Å²) in [6.07, 6.45) is 0. The summed E-state index contributed by atoms with van der Waals surface area (Å²) >= 11 is 0. The van der Waals surface area contributed by atoms with Gasteiger partial charge >= 0.3 is 0 Å². The van der Waals surface area contributed by atoms with Crippen molar-refractivity contribution >= 4 is 5.91 Å². The zero-order chi connectivity index (χ0) is 11.3. The number of nitrogens with one attached hydrogen (secondary N) is 1. The van der Waals surface area contributed by atoms with Crippen molar-refractivity contribution in [3.05, 3.63) is 29.3 Å². The molecule has 0 fully saturated rings. The van der Waals surface area contributed by atoms with Crippen molar-refractivity contribution in [3.63, 3.8) is 0 Å². The molecular weight excluding hydrogens is 192 g/mol. The topological polar surface area (TPSA) is 64.3 Å². The Kier molecular flexibility index (Phi) is 4.12. The number of methoxy groups -OCH3 is 1. The van der Waals surface area contributed by atoms with Gasteiger partial charge in [0.15, 0.2) is 0 Å². The fraction of sp³-hybridized carbons (Fsp3) is 0.364. The summed E-state index contributed by atoms with van der Waals surface area (Å²) in [5.74, 6) is 0.592. The van der Waals surface area contributed by atoms with E-state index >= 15 is 0 Å². The molecule has 0 aliphatic heterocycles. The number of hydrogen-bond acceptors (Lipinski definition) is 3. The second kappa shape index (κ2) is 5.36. The third-order valence-corrected chi connectivity index (χ3v) is 2.10. The van der Waals surface area contributed by atoms with Crippen LogP contribution in [0, 0.1) is 6.92 Å². The van der Waals surface area contributed by atoms with Gasteiger partial charge in [-0.25, -0.2) is 0 Å². The molecule has 1 aromatic carbocycles. The van der Waals surface area contributed by atoms with Crippen LogP contribution in [0.1, 0.15) is 15.9 Å². The number of carbonyl (C=O) groups is 1. The molecular formula is C11H16N2O2.